The largest absolute Gasteiger partial charge is 0.493 e. The highest BCUT2D eigenvalue weighted by Gasteiger charge is 2.06. The van der Waals surface area contributed by atoms with Gasteiger partial charge in [-0.3, -0.25) is 4.79 Å². The molecule has 1 aromatic heterocycles. The fourth-order valence-electron chi connectivity index (χ4n) is 1.45. The Morgan fingerprint density at radius 1 is 1.21 bits per heavy atom. The van der Waals surface area contributed by atoms with Crippen molar-refractivity contribution in [1.29, 1.82) is 0 Å². The van der Waals surface area contributed by atoms with E-state index >= 15 is 0 Å². The van der Waals surface area contributed by atoms with Gasteiger partial charge in [0.15, 0.2) is 0 Å². The Labute approximate surface area is 119 Å². The zero-order valence-corrected chi connectivity index (χ0v) is 11.8. The van der Waals surface area contributed by atoms with E-state index in [1.807, 2.05) is 36.4 Å². The number of hydrogen-bond acceptors (Lipinski definition) is 3. The summed E-state index contributed by atoms with van der Waals surface area (Å²) < 4.78 is 6.21. The lowest BCUT2D eigenvalue weighted by molar-refractivity contribution is -0.116. The minimum absolute atomic E-state index is 0.129. The third-order valence-corrected chi connectivity index (χ3v) is 3.00. The third-order valence-electron chi connectivity index (χ3n) is 2.36. The quantitative estimate of drug-likeness (QED) is 0.920. The highest BCUT2D eigenvalue weighted by molar-refractivity contribution is 9.10. The van der Waals surface area contributed by atoms with Crippen LogP contribution in [0.5, 0.6) is 5.75 Å². The summed E-state index contributed by atoms with van der Waals surface area (Å²) in [5.74, 6) is 1.15. The first-order chi connectivity index (χ1) is 9.25. The van der Waals surface area contributed by atoms with Crippen LogP contribution in [0.15, 0.2) is 53.1 Å². The molecule has 0 aliphatic rings. The second kappa shape index (κ2) is 6.89. The molecular formula is C14H13BrN2O2. The number of rotatable bonds is 5. The standard InChI is InChI=1S/C14H13BrN2O2/c15-12-7-4-9-16-14(12)17-13(18)8-10-19-11-5-2-1-3-6-11/h1-7,9H,8,10H2,(H,16,17,18). The number of ether oxygens (including phenoxy) is 1. The summed E-state index contributed by atoms with van der Waals surface area (Å²) >= 11 is 3.32. The molecule has 0 saturated carbocycles. The average molecular weight is 321 g/mol. The van der Waals surface area contributed by atoms with Crippen LogP contribution in [-0.2, 0) is 4.79 Å². The fraction of sp³-hybridized carbons (Fsp3) is 0.143. The highest BCUT2D eigenvalue weighted by atomic mass is 79.9. The predicted molar refractivity (Wildman–Crippen MR) is 77.1 cm³/mol. The van der Waals surface area contributed by atoms with E-state index in [1.165, 1.54) is 0 Å². The topological polar surface area (TPSA) is 51.2 Å². The van der Waals surface area contributed by atoms with Crippen molar-refractivity contribution in [3.63, 3.8) is 0 Å². The Morgan fingerprint density at radius 2 is 2.00 bits per heavy atom. The fourth-order valence-corrected chi connectivity index (χ4v) is 1.80. The summed E-state index contributed by atoms with van der Waals surface area (Å²) in [5, 5.41) is 2.72. The molecule has 1 aromatic carbocycles. The SMILES string of the molecule is O=C(CCOc1ccccc1)Nc1ncccc1Br. The van der Waals surface area contributed by atoms with Crippen LogP contribution in [0.25, 0.3) is 0 Å². The number of nitrogens with one attached hydrogen (secondary N) is 1. The number of nitrogens with zero attached hydrogens (tertiary/aromatic N) is 1. The molecule has 0 aliphatic carbocycles. The minimum atomic E-state index is -0.129. The molecule has 0 saturated heterocycles. The van der Waals surface area contributed by atoms with Crippen molar-refractivity contribution >= 4 is 27.7 Å². The monoisotopic (exact) mass is 320 g/mol. The molecule has 0 fully saturated rings. The number of halogens is 1. The van der Waals surface area contributed by atoms with E-state index in [9.17, 15) is 4.79 Å². The molecule has 0 radical (unpaired) electrons. The smallest absolute Gasteiger partial charge is 0.228 e. The second-order valence-corrected chi connectivity index (χ2v) is 4.65. The number of amides is 1. The highest BCUT2D eigenvalue weighted by Crippen LogP contribution is 2.18. The molecule has 2 rings (SSSR count). The molecule has 4 nitrogen and oxygen atoms in total. The first-order valence-corrected chi connectivity index (χ1v) is 6.63. The van der Waals surface area contributed by atoms with Crippen LogP contribution < -0.4 is 10.1 Å². The molecule has 0 aliphatic heterocycles. The summed E-state index contributed by atoms with van der Waals surface area (Å²) in [6.45, 7) is 0.334. The molecular weight excluding hydrogens is 308 g/mol. The van der Waals surface area contributed by atoms with E-state index in [0.717, 1.165) is 10.2 Å². The van der Waals surface area contributed by atoms with Gasteiger partial charge in [-0.05, 0) is 40.2 Å². The Hall–Kier alpha value is -1.88. The van der Waals surface area contributed by atoms with E-state index in [1.54, 1.807) is 12.3 Å². The number of pyridine rings is 1. The Bertz CT molecular complexity index is 546. The van der Waals surface area contributed by atoms with Crippen molar-refractivity contribution in [2.24, 2.45) is 0 Å². The van der Waals surface area contributed by atoms with Crippen molar-refractivity contribution in [3.8, 4) is 5.75 Å². The normalized spacial score (nSPS) is 9.95. The maximum Gasteiger partial charge on any atom is 0.228 e. The maximum absolute atomic E-state index is 11.7. The lowest BCUT2D eigenvalue weighted by atomic mass is 10.3. The third kappa shape index (κ3) is 4.37. The van der Waals surface area contributed by atoms with Crippen LogP contribution in [0.2, 0.25) is 0 Å². The van der Waals surface area contributed by atoms with Crippen LogP contribution in [0.1, 0.15) is 6.42 Å². The maximum atomic E-state index is 11.7. The zero-order valence-electron chi connectivity index (χ0n) is 10.2. The summed E-state index contributed by atoms with van der Waals surface area (Å²) in [4.78, 5) is 15.8. The molecule has 0 bridgehead atoms. The van der Waals surface area contributed by atoms with E-state index in [4.69, 9.17) is 4.74 Å². The van der Waals surface area contributed by atoms with Crippen LogP contribution >= 0.6 is 15.9 Å². The molecule has 2 aromatic rings. The average Bonchev–Trinajstić information content (AvgIpc) is 2.43. The molecule has 0 atom stereocenters. The van der Waals surface area contributed by atoms with E-state index in [0.29, 0.717) is 12.4 Å². The van der Waals surface area contributed by atoms with Gasteiger partial charge in [-0.2, -0.15) is 0 Å². The summed E-state index contributed by atoms with van der Waals surface area (Å²) in [7, 11) is 0. The number of benzene rings is 1. The number of aromatic nitrogens is 1. The first kappa shape index (κ1) is 13.5. The molecule has 1 N–H and O–H groups in total. The Kier molecular flexibility index (Phi) is 4.92. The molecule has 19 heavy (non-hydrogen) atoms. The number of anilines is 1. The van der Waals surface area contributed by atoms with Crippen molar-refractivity contribution in [2.45, 2.75) is 6.42 Å². The van der Waals surface area contributed by atoms with Gasteiger partial charge in [0.1, 0.15) is 11.6 Å². The van der Waals surface area contributed by atoms with E-state index in [-0.39, 0.29) is 12.3 Å². The van der Waals surface area contributed by atoms with Gasteiger partial charge in [0.2, 0.25) is 5.91 Å². The lowest BCUT2D eigenvalue weighted by Crippen LogP contribution is -2.16. The number of carbonyl (C=O) groups is 1. The van der Waals surface area contributed by atoms with Gasteiger partial charge in [0, 0.05) is 6.20 Å². The van der Waals surface area contributed by atoms with E-state index in [2.05, 4.69) is 26.2 Å². The summed E-state index contributed by atoms with van der Waals surface area (Å²) in [6.07, 6.45) is 1.90. The summed E-state index contributed by atoms with van der Waals surface area (Å²) in [6, 6.07) is 13.0. The number of hydrogen-bond donors (Lipinski definition) is 1. The van der Waals surface area contributed by atoms with Crippen molar-refractivity contribution in [2.75, 3.05) is 11.9 Å². The summed E-state index contributed by atoms with van der Waals surface area (Å²) in [5.41, 5.74) is 0. The molecule has 0 spiro atoms. The van der Waals surface area contributed by atoms with Gasteiger partial charge < -0.3 is 10.1 Å². The van der Waals surface area contributed by atoms with Crippen molar-refractivity contribution < 1.29 is 9.53 Å². The Balaban J connectivity index is 1.78. The van der Waals surface area contributed by atoms with Gasteiger partial charge in [-0.1, -0.05) is 18.2 Å². The van der Waals surface area contributed by atoms with E-state index < -0.39 is 0 Å². The lowest BCUT2D eigenvalue weighted by Gasteiger charge is -2.07. The predicted octanol–water partition coefficient (Wildman–Crippen LogP) is 3.25. The molecule has 98 valence electrons. The number of para-hydroxylation sites is 1. The molecule has 0 unspecified atom stereocenters. The molecule has 5 heteroatoms. The molecule has 1 amide bonds. The van der Waals surface area contributed by atoms with Gasteiger partial charge >= 0.3 is 0 Å². The number of carbonyl (C=O) groups excluding carboxylic acids is 1. The van der Waals surface area contributed by atoms with Crippen LogP contribution in [0.3, 0.4) is 0 Å². The van der Waals surface area contributed by atoms with Crippen molar-refractivity contribution in [1.82, 2.24) is 4.98 Å². The van der Waals surface area contributed by atoms with Gasteiger partial charge in [0.25, 0.3) is 0 Å². The van der Waals surface area contributed by atoms with Crippen LogP contribution in [0.4, 0.5) is 5.82 Å². The van der Waals surface area contributed by atoms with Crippen LogP contribution in [-0.4, -0.2) is 17.5 Å². The second-order valence-electron chi connectivity index (χ2n) is 3.79. The Morgan fingerprint density at radius 3 is 2.74 bits per heavy atom. The van der Waals surface area contributed by atoms with Crippen LogP contribution in [0, 0.1) is 0 Å². The molecule has 1 heterocycles. The van der Waals surface area contributed by atoms with Gasteiger partial charge in [-0.25, -0.2) is 4.98 Å². The van der Waals surface area contributed by atoms with Gasteiger partial charge in [0.05, 0.1) is 17.5 Å². The van der Waals surface area contributed by atoms with Gasteiger partial charge in [-0.15, -0.1) is 0 Å². The zero-order chi connectivity index (χ0) is 13.5. The first-order valence-electron chi connectivity index (χ1n) is 5.84. The van der Waals surface area contributed by atoms with Crippen molar-refractivity contribution in [3.05, 3.63) is 53.1 Å². The minimum Gasteiger partial charge on any atom is -0.493 e.